The number of aromatic nitrogens is 2. The van der Waals surface area contributed by atoms with E-state index in [0.29, 0.717) is 11.4 Å². The van der Waals surface area contributed by atoms with Crippen LogP contribution in [0.3, 0.4) is 0 Å². The summed E-state index contributed by atoms with van der Waals surface area (Å²) in [4.78, 5) is 25.0. The van der Waals surface area contributed by atoms with Gasteiger partial charge >= 0.3 is 0 Å². The van der Waals surface area contributed by atoms with Crippen LogP contribution in [0.2, 0.25) is 10.0 Å². The highest BCUT2D eigenvalue weighted by atomic mass is 35.5. The summed E-state index contributed by atoms with van der Waals surface area (Å²) >= 11 is 12.5. The molecule has 118 valence electrons. The maximum Gasteiger partial charge on any atom is 0.294 e. The van der Waals surface area contributed by atoms with Crippen molar-refractivity contribution in [3.05, 3.63) is 91.4 Å². The van der Waals surface area contributed by atoms with Crippen LogP contribution < -0.4 is 11.1 Å². The first kappa shape index (κ1) is 15.0. The molecule has 0 bridgehead atoms. The second kappa shape index (κ2) is 5.51. The Morgan fingerprint density at radius 1 is 0.583 bits per heavy atom. The molecule has 0 aliphatic rings. The molecule has 0 radical (unpaired) electrons. The molecule has 0 aliphatic heterocycles. The zero-order valence-corrected chi connectivity index (χ0v) is 13.8. The number of hydrogen-bond donors (Lipinski definition) is 0. The summed E-state index contributed by atoms with van der Waals surface area (Å²) in [5.74, 6) is 0. The van der Waals surface area contributed by atoms with E-state index in [1.807, 2.05) is 60.7 Å². The van der Waals surface area contributed by atoms with Crippen molar-refractivity contribution in [2.24, 2.45) is 0 Å². The Kier molecular flexibility index (Phi) is 3.44. The van der Waals surface area contributed by atoms with E-state index in [9.17, 15) is 9.59 Å². The van der Waals surface area contributed by atoms with E-state index in [-0.39, 0.29) is 10.0 Å². The first-order valence-corrected chi connectivity index (χ1v) is 7.96. The van der Waals surface area contributed by atoms with Gasteiger partial charge in [-0.05, 0) is 0 Å². The number of halogens is 2. The second-order valence-corrected chi connectivity index (χ2v) is 6.05. The molecule has 4 rings (SSSR count). The summed E-state index contributed by atoms with van der Waals surface area (Å²) in [6, 6.07) is 18.4. The summed E-state index contributed by atoms with van der Waals surface area (Å²) in [5, 5.41) is -0.0145. The molecule has 4 aromatic rings. The molecule has 6 heteroatoms. The Bertz CT molecular complexity index is 1060. The van der Waals surface area contributed by atoms with E-state index in [0.717, 1.165) is 15.6 Å². The van der Waals surface area contributed by atoms with Crippen molar-refractivity contribution in [1.82, 2.24) is 9.03 Å². The molecule has 0 saturated heterocycles. The highest BCUT2D eigenvalue weighted by molar-refractivity contribution is 6.34. The Hall–Kier alpha value is -2.56. The van der Waals surface area contributed by atoms with E-state index in [1.165, 1.54) is 4.52 Å². The molecular formula is C18H10Cl2N2O2. The van der Waals surface area contributed by atoms with Crippen LogP contribution in [0.4, 0.5) is 0 Å². The number of fused-ring (bicyclic) bond motifs is 1. The molecule has 0 saturated carbocycles. The monoisotopic (exact) mass is 356 g/mol. The lowest BCUT2D eigenvalue weighted by Gasteiger charge is -2.06. The SMILES string of the molecule is O=c1c(Cl)c(-c2ccccc2)n2c(-c3ccccc3)c(Cl)c(=O)n12. The van der Waals surface area contributed by atoms with Crippen molar-refractivity contribution in [2.45, 2.75) is 0 Å². The van der Waals surface area contributed by atoms with E-state index in [4.69, 9.17) is 23.2 Å². The predicted octanol–water partition coefficient (Wildman–Crippen LogP) is 3.84. The first-order valence-electron chi connectivity index (χ1n) is 7.20. The maximum absolute atomic E-state index is 12.5. The van der Waals surface area contributed by atoms with E-state index >= 15 is 0 Å². The van der Waals surface area contributed by atoms with Gasteiger partial charge in [0.15, 0.2) is 0 Å². The average molecular weight is 357 g/mol. The largest absolute Gasteiger partial charge is 0.294 e. The number of hydrogen-bond acceptors (Lipinski definition) is 2. The van der Waals surface area contributed by atoms with Crippen LogP contribution >= 0.6 is 23.2 Å². The van der Waals surface area contributed by atoms with E-state index < -0.39 is 11.1 Å². The quantitative estimate of drug-likeness (QED) is 0.547. The van der Waals surface area contributed by atoms with Gasteiger partial charge < -0.3 is 0 Å². The summed E-state index contributed by atoms with van der Waals surface area (Å²) in [6.45, 7) is 0. The van der Waals surface area contributed by atoms with Gasteiger partial charge in [0.1, 0.15) is 10.0 Å². The third-order valence-corrected chi connectivity index (χ3v) is 4.58. The molecule has 2 heterocycles. The third-order valence-electron chi connectivity index (χ3n) is 3.89. The Labute approximate surface area is 146 Å². The van der Waals surface area contributed by atoms with Gasteiger partial charge in [-0.3, -0.25) is 9.59 Å². The molecule has 0 amide bonds. The van der Waals surface area contributed by atoms with Crippen molar-refractivity contribution >= 4 is 23.2 Å². The van der Waals surface area contributed by atoms with Crippen molar-refractivity contribution in [3.63, 3.8) is 0 Å². The average Bonchev–Trinajstić information content (AvgIpc) is 3.02. The van der Waals surface area contributed by atoms with Gasteiger partial charge in [0.05, 0.1) is 11.4 Å². The van der Waals surface area contributed by atoms with Crippen LogP contribution in [0, 0.1) is 0 Å². The first-order chi connectivity index (χ1) is 11.6. The second-order valence-electron chi connectivity index (χ2n) is 5.29. The number of nitrogens with zero attached hydrogens (tertiary/aromatic N) is 2. The summed E-state index contributed by atoms with van der Waals surface area (Å²) in [6.07, 6.45) is 0. The highest BCUT2D eigenvalue weighted by Gasteiger charge is 2.26. The minimum Gasteiger partial charge on any atom is -0.266 e. The Morgan fingerprint density at radius 3 is 1.33 bits per heavy atom. The van der Waals surface area contributed by atoms with Gasteiger partial charge in [0, 0.05) is 11.1 Å². The topological polar surface area (TPSA) is 43.0 Å². The molecule has 0 atom stereocenters. The fourth-order valence-electron chi connectivity index (χ4n) is 2.85. The molecule has 0 aliphatic carbocycles. The molecule has 0 spiro atoms. The predicted molar refractivity (Wildman–Crippen MR) is 95.5 cm³/mol. The minimum absolute atomic E-state index is 0.00727. The Balaban J connectivity index is 2.23. The maximum atomic E-state index is 12.5. The molecule has 0 N–H and O–H groups in total. The zero-order valence-electron chi connectivity index (χ0n) is 12.2. The van der Waals surface area contributed by atoms with E-state index in [1.54, 1.807) is 0 Å². The lowest BCUT2D eigenvalue weighted by molar-refractivity contribution is 0.814. The summed E-state index contributed by atoms with van der Waals surface area (Å²) < 4.78 is 2.48. The Morgan fingerprint density at radius 2 is 0.958 bits per heavy atom. The lowest BCUT2D eigenvalue weighted by Crippen LogP contribution is -2.21. The van der Waals surface area contributed by atoms with E-state index in [2.05, 4.69) is 0 Å². The van der Waals surface area contributed by atoms with Crippen LogP contribution in [0.25, 0.3) is 22.5 Å². The van der Waals surface area contributed by atoms with Crippen LogP contribution in [-0.2, 0) is 0 Å². The minimum atomic E-state index is -0.579. The van der Waals surface area contributed by atoms with Gasteiger partial charge in [-0.2, -0.15) is 4.52 Å². The molecule has 2 aromatic carbocycles. The molecule has 2 aromatic heterocycles. The van der Waals surface area contributed by atoms with Crippen molar-refractivity contribution in [3.8, 4) is 22.5 Å². The fourth-order valence-corrected chi connectivity index (χ4v) is 3.39. The van der Waals surface area contributed by atoms with Crippen molar-refractivity contribution < 1.29 is 0 Å². The fraction of sp³-hybridized carbons (Fsp3) is 0. The molecule has 0 fully saturated rings. The van der Waals surface area contributed by atoms with Gasteiger partial charge in [0.2, 0.25) is 0 Å². The van der Waals surface area contributed by atoms with Gasteiger partial charge in [0.25, 0.3) is 11.1 Å². The molecular weight excluding hydrogens is 347 g/mol. The number of benzene rings is 2. The number of rotatable bonds is 2. The van der Waals surface area contributed by atoms with Gasteiger partial charge in [-0.15, -0.1) is 0 Å². The van der Waals surface area contributed by atoms with Gasteiger partial charge in [-0.1, -0.05) is 83.9 Å². The molecule has 4 nitrogen and oxygen atoms in total. The lowest BCUT2D eigenvalue weighted by atomic mass is 10.1. The zero-order chi connectivity index (χ0) is 16.8. The van der Waals surface area contributed by atoms with Crippen LogP contribution in [0.15, 0.2) is 70.3 Å². The third kappa shape index (κ3) is 2.00. The molecule has 0 unspecified atom stereocenters. The van der Waals surface area contributed by atoms with Crippen LogP contribution in [-0.4, -0.2) is 9.03 Å². The van der Waals surface area contributed by atoms with Crippen molar-refractivity contribution in [2.75, 3.05) is 0 Å². The highest BCUT2D eigenvalue weighted by Crippen LogP contribution is 2.32. The van der Waals surface area contributed by atoms with Crippen molar-refractivity contribution in [1.29, 1.82) is 0 Å². The standard InChI is InChI=1S/C18H10Cl2N2O2/c19-13-15(11-7-3-1-4-8-11)21-16(12-9-5-2-6-10-12)14(20)18(24)22(21)17(13)23/h1-10H. The smallest absolute Gasteiger partial charge is 0.266 e. The molecule has 24 heavy (non-hydrogen) atoms. The summed E-state index contributed by atoms with van der Waals surface area (Å²) in [7, 11) is 0. The van der Waals surface area contributed by atoms with Gasteiger partial charge in [-0.25, -0.2) is 4.52 Å². The van der Waals surface area contributed by atoms with Crippen LogP contribution in [0.5, 0.6) is 0 Å². The van der Waals surface area contributed by atoms with Crippen LogP contribution in [0.1, 0.15) is 0 Å². The normalized spacial score (nSPS) is 11.2. The summed E-state index contributed by atoms with van der Waals surface area (Å²) in [5.41, 5.74) is 1.20.